The molecule has 0 bridgehead atoms. The van der Waals surface area contributed by atoms with Gasteiger partial charge in [0.05, 0.1) is 5.56 Å². The van der Waals surface area contributed by atoms with Gasteiger partial charge < -0.3 is 0 Å². The van der Waals surface area contributed by atoms with Crippen LogP contribution in [0.25, 0.3) is 21.3 Å². The van der Waals surface area contributed by atoms with Gasteiger partial charge in [-0.05, 0) is 65.6 Å². The number of alkyl halides is 3. The van der Waals surface area contributed by atoms with Gasteiger partial charge in [0.15, 0.2) is 0 Å². The van der Waals surface area contributed by atoms with E-state index in [4.69, 9.17) is 0 Å². The standard InChI is InChI=1S/C23H18BrF3S/c24-19-12-18-16-8-7-13-4-1-2-5-14(13)15(16)9-10-17(18)21(20-6-3-11-28-20)22(19)23(25,26)27/h2,5-6,9-10,12H,1,3-4,7-8,11H2. The summed E-state index contributed by atoms with van der Waals surface area (Å²) in [5.74, 6) is 0.840. The zero-order valence-electron chi connectivity index (χ0n) is 15.1. The number of rotatable bonds is 1. The fourth-order valence-corrected chi connectivity index (χ4v) is 6.37. The molecule has 2 aromatic carbocycles. The molecular formula is C23H18BrF3S. The molecule has 5 rings (SSSR count). The number of allylic oxidation sites excluding steroid dienone is 5. The van der Waals surface area contributed by atoms with Crippen LogP contribution in [0.2, 0.25) is 0 Å². The summed E-state index contributed by atoms with van der Waals surface area (Å²) in [7, 11) is 0. The Kier molecular flexibility index (Phi) is 4.51. The third kappa shape index (κ3) is 2.89. The highest BCUT2D eigenvalue weighted by atomic mass is 79.9. The Bertz CT molecular complexity index is 1090. The maximum atomic E-state index is 14.0. The maximum absolute atomic E-state index is 14.0. The third-order valence-electron chi connectivity index (χ3n) is 5.87. The van der Waals surface area contributed by atoms with Crippen LogP contribution in [0, 0.1) is 0 Å². The van der Waals surface area contributed by atoms with Crippen molar-refractivity contribution in [2.24, 2.45) is 0 Å². The van der Waals surface area contributed by atoms with Crippen molar-refractivity contribution >= 4 is 48.9 Å². The first-order valence-corrected chi connectivity index (χ1v) is 11.3. The zero-order valence-corrected chi connectivity index (χ0v) is 17.5. The van der Waals surface area contributed by atoms with E-state index in [0.29, 0.717) is 5.56 Å². The second-order valence-corrected chi connectivity index (χ2v) is 9.45. The van der Waals surface area contributed by atoms with E-state index in [1.54, 1.807) is 6.07 Å². The molecule has 0 atom stereocenters. The van der Waals surface area contributed by atoms with E-state index >= 15 is 0 Å². The van der Waals surface area contributed by atoms with E-state index in [1.807, 2.05) is 18.2 Å². The second kappa shape index (κ2) is 6.81. The normalized spacial score (nSPS) is 19.1. The highest BCUT2D eigenvalue weighted by Gasteiger charge is 2.38. The molecule has 28 heavy (non-hydrogen) atoms. The van der Waals surface area contributed by atoms with Crippen LogP contribution in [-0.4, -0.2) is 5.75 Å². The van der Waals surface area contributed by atoms with Crippen molar-refractivity contribution in [3.63, 3.8) is 0 Å². The van der Waals surface area contributed by atoms with Crippen LogP contribution in [0.3, 0.4) is 0 Å². The Morgan fingerprint density at radius 3 is 2.61 bits per heavy atom. The average Bonchev–Trinajstić information content (AvgIpc) is 3.20. The van der Waals surface area contributed by atoms with Crippen LogP contribution in [0.5, 0.6) is 0 Å². The minimum atomic E-state index is -4.40. The Morgan fingerprint density at radius 2 is 1.86 bits per heavy atom. The van der Waals surface area contributed by atoms with Crippen LogP contribution < -0.4 is 0 Å². The fourth-order valence-electron chi connectivity index (χ4n) is 4.67. The minimum absolute atomic E-state index is 0.142. The molecule has 3 aliphatic rings. The number of hydrogen-bond donors (Lipinski definition) is 0. The van der Waals surface area contributed by atoms with Gasteiger partial charge in [0.25, 0.3) is 0 Å². The molecule has 0 spiro atoms. The molecule has 144 valence electrons. The minimum Gasteiger partial charge on any atom is -0.166 e. The number of halogens is 4. The summed E-state index contributed by atoms with van der Waals surface area (Å²) >= 11 is 4.79. The number of fused-ring (bicyclic) bond motifs is 4. The quantitative estimate of drug-likeness (QED) is 0.411. The summed E-state index contributed by atoms with van der Waals surface area (Å²) < 4.78 is 42.0. The molecule has 1 aliphatic heterocycles. The molecule has 0 amide bonds. The van der Waals surface area contributed by atoms with Gasteiger partial charge in [0, 0.05) is 20.7 Å². The highest BCUT2D eigenvalue weighted by Crippen LogP contribution is 2.50. The number of aryl methyl sites for hydroxylation is 1. The lowest BCUT2D eigenvalue weighted by Crippen LogP contribution is -2.12. The SMILES string of the molecule is FC(F)(F)c1c(Br)cc2c3c(ccc2c1C1=CCCS1)C1=C(CCC=C1)CC3. The van der Waals surface area contributed by atoms with Crippen LogP contribution in [0.4, 0.5) is 13.2 Å². The van der Waals surface area contributed by atoms with E-state index in [0.717, 1.165) is 53.5 Å². The lowest BCUT2D eigenvalue weighted by Gasteiger charge is -2.27. The molecular weight excluding hydrogens is 445 g/mol. The molecule has 0 saturated heterocycles. The Hall–Kier alpha value is -1.46. The fraction of sp³-hybridized carbons (Fsp3) is 0.304. The van der Waals surface area contributed by atoms with Crippen LogP contribution in [0.1, 0.15) is 47.9 Å². The molecule has 0 unspecified atom stereocenters. The molecule has 5 heteroatoms. The molecule has 0 N–H and O–H groups in total. The van der Waals surface area contributed by atoms with Crippen molar-refractivity contribution in [3.8, 4) is 0 Å². The van der Waals surface area contributed by atoms with Crippen LogP contribution in [0.15, 0.2) is 46.5 Å². The number of hydrogen-bond acceptors (Lipinski definition) is 1. The summed E-state index contributed by atoms with van der Waals surface area (Å²) in [5.41, 5.74) is 4.93. The van der Waals surface area contributed by atoms with Gasteiger partial charge in [-0.1, -0.05) is 51.9 Å². The molecule has 2 aliphatic carbocycles. The molecule has 0 radical (unpaired) electrons. The van der Waals surface area contributed by atoms with Gasteiger partial charge in [-0.3, -0.25) is 0 Å². The predicted octanol–water partition coefficient (Wildman–Crippen LogP) is 8.15. The number of thioether (sulfide) groups is 1. The first-order chi connectivity index (χ1) is 13.4. The maximum Gasteiger partial charge on any atom is 0.418 e. The Labute approximate surface area is 174 Å². The topological polar surface area (TPSA) is 0 Å². The van der Waals surface area contributed by atoms with E-state index in [1.165, 1.54) is 34.0 Å². The predicted molar refractivity (Wildman–Crippen MR) is 115 cm³/mol. The summed E-state index contributed by atoms with van der Waals surface area (Å²) in [6.07, 6.45) is 6.82. The molecule has 1 heterocycles. The lowest BCUT2D eigenvalue weighted by atomic mass is 9.79. The van der Waals surface area contributed by atoms with Gasteiger partial charge in [-0.15, -0.1) is 11.8 Å². The third-order valence-corrected chi connectivity index (χ3v) is 7.61. The second-order valence-electron chi connectivity index (χ2n) is 7.46. The lowest BCUT2D eigenvalue weighted by molar-refractivity contribution is -0.138. The smallest absolute Gasteiger partial charge is 0.166 e. The Balaban J connectivity index is 1.84. The average molecular weight is 463 g/mol. The van der Waals surface area contributed by atoms with Gasteiger partial charge in [-0.2, -0.15) is 13.2 Å². The molecule has 0 nitrogen and oxygen atoms in total. The highest BCUT2D eigenvalue weighted by molar-refractivity contribution is 9.10. The van der Waals surface area contributed by atoms with Crippen LogP contribution in [-0.2, 0) is 12.6 Å². The Morgan fingerprint density at radius 1 is 1.00 bits per heavy atom. The van der Waals surface area contributed by atoms with E-state index in [2.05, 4.69) is 28.1 Å². The molecule has 0 aromatic heterocycles. The van der Waals surface area contributed by atoms with E-state index < -0.39 is 11.7 Å². The molecule has 0 fully saturated rings. The van der Waals surface area contributed by atoms with Crippen molar-refractivity contribution in [1.82, 2.24) is 0 Å². The van der Waals surface area contributed by atoms with Gasteiger partial charge >= 0.3 is 6.18 Å². The summed E-state index contributed by atoms with van der Waals surface area (Å²) in [6, 6.07) is 5.64. The summed E-state index contributed by atoms with van der Waals surface area (Å²) in [6.45, 7) is 0. The van der Waals surface area contributed by atoms with E-state index in [9.17, 15) is 13.2 Å². The van der Waals surface area contributed by atoms with Crippen molar-refractivity contribution in [2.75, 3.05) is 5.75 Å². The first-order valence-electron chi connectivity index (χ1n) is 9.52. The zero-order chi connectivity index (χ0) is 19.5. The van der Waals surface area contributed by atoms with Crippen LogP contribution >= 0.6 is 27.7 Å². The van der Waals surface area contributed by atoms with Crippen molar-refractivity contribution < 1.29 is 13.2 Å². The van der Waals surface area contributed by atoms with Gasteiger partial charge in [-0.25, -0.2) is 0 Å². The van der Waals surface area contributed by atoms with Crippen molar-refractivity contribution in [2.45, 2.75) is 38.3 Å². The first kappa shape index (κ1) is 18.6. The van der Waals surface area contributed by atoms with Gasteiger partial charge in [0.2, 0.25) is 0 Å². The molecule has 2 aromatic rings. The number of benzene rings is 2. The van der Waals surface area contributed by atoms with Crippen molar-refractivity contribution in [1.29, 1.82) is 0 Å². The largest absolute Gasteiger partial charge is 0.418 e. The molecule has 0 saturated carbocycles. The summed E-state index contributed by atoms with van der Waals surface area (Å²) in [4.78, 5) is 0.756. The van der Waals surface area contributed by atoms with Crippen molar-refractivity contribution in [3.05, 3.63) is 68.7 Å². The van der Waals surface area contributed by atoms with E-state index in [-0.39, 0.29) is 4.47 Å². The van der Waals surface area contributed by atoms with Gasteiger partial charge in [0.1, 0.15) is 0 Å². The monoisotopic (exact) mass is 462 g/mol. The summed E-state index contributed by atoms with van der Waals surface area (Å²) in [5, 5.41) is 1.67.